The van der Waals surface area contributed by atoms with E-state index in [0.717, 1.165) is 47.8 Å². The fourth-order valence-corrected chi connectivity index (χ4v) is 3.94. The van der Waals surface area contributed by atoms with E-state index in [9.17, 15) is 0 Å². The molecule has 5 nitrogen and oxygen atoms in total. The SMILES string of the molecule is Cc1cc(-c2cn[nH]c2[C@@H]2CCCCN2Cc2ccc(Cl)c(Cl)c2)on1. The van der Waals surface area contributed by atoms with E-state index in [4.69, 9.17) is 27.7 Å². The number of hydrogen-bond donors (Lipinski definition) is 1. The number of H-pyrrole nitrogens is 1. The van der Waals surface area contributed by atoms with E-state index in [1.54, 1.807) is 0 Å². The Kier molecular flexibility index (Phi) is 5.02. The highest BCUT2D eigenvalue weighted by Gasteiger charge is 2.28. The van der Waals surface area contributed by atoms with Crippen LogP contribution in [0.25, 0.3) is 11.3 Å². The highest BCUT2D eigenvalue weighted by atomic mass is 35.5. The number of aromatic nitrogens is 3. The summed E-state index contributed by atoms with van der Waals surface area (Å²) in [5, 5.41) is 12.7. The number of rotatable bonds is 4. The average molecular weight is 391 g/mol. The number of halogens is 2. The second-order valence-electron chi connectivity index (χ2n) is 6.76. The Labute approximate surface area is 162 Å². The Bertz CT molecular complexity index is 905. The van der Waals surface area contributed by atoms with E-state index >= 15 is 0 Å². The van der Waals surface area contributed by atoms with Crippen molar-refractivity contribution in [2.75, 3.05) is 6.54 Å². The molecule has 2 aromatic heterocycles. The first-order chi connectivity index (χ1) is 12.6. The summed E-state index contributed by atoms with van der Waals surface area (Å²) in [6, 6.07) is 8.04. The van der Waals surface area contributed by atoms with Gasteiger partial charge in [-0.05, 0) is 44.0 Å². The van der Waals surface area contributed by atoms with Gasteiger partial charge in [-0.25, -0.2) is 0 Å². The first-order valence-electron chi connectivity index (χ1n) is 8.77. The molecule has 1 aromatic carbocycles. The fraction of sp³-hybridized carbons (Fsp3) is 0.368. The van der Waals surface area contributed by atoms with Crippen LogP contribution in [0.4, 0.5) is 0 Å². The van der Waals surface area contributed by atoms with Gasteiger partial charge in [0.1, 0.15) is 0 Å². The van der Waals surface area contributed by atoms with E-state index in [0.29, 0.717) is 10.0 Å². The Morgan fingerprint density at radius 3 is 2.88 bits per heavy atom. The zero-order valence-electron chi connectivity index (χ0n) is 14.5. The van der Waals surface area contributed by atoms with Crippen LogP contribution in [0, 0.1) is 6.92 Å². The third-order valence-corrected chi connectivity index (χ3v) is 5.62. The molecule has 3 heterocycles. The number of nitrogens with one attached hydrogen (secondary N) is 1. The van der Waals surface area contributed by atoms with Gasteiger partial charge in [0.2, 0.25) is 0 Å². The van der Waals surface area contributed by atoms with E-state index in [1.807, 2.05) is 37.4 Å². The van der Waals surface area contributed by atoms with Crippen LogP contribution in [0.15, 0.2) is 35.0 Å². The standard InChI is InChI=1S/C19H20Cl2N4O/c1-12-8-18(26-24-12)14-10-22-23-19(14)17-4-2-3-7-25(17)11-13-5-6-15(20)16(21)9-13/h5-6,8-10,17H,2-4,7,11H2,1H3,(H,22,23)/t17-/m0/s1. The molecule has 3 aromatic rings. The van der Waals surface area contributed by atoms with Gasteiger partial charge in [0, 0.05) is 12.6 Å². The molecular weight excluding hydrogens is 371 g/mol. The van der Waals surface area contributed by atoms with Crippen LogP contribution >= 0.6 is 23.2 Å². The molecule has 1 fully saturated rings. The van der Waals surface area contributed by atoms with E-state index in [-0.39, 0.29) is 6.04 Å². The van der Waals surface area contributed by atoms with Crippen molar-refractivity contribution in [1.29, 1.82) is 0 Å². The van der Waals surface area contributed by atoms with Gasteiger partial charge in [0.25, 0.3) is 0 Å². The lowest BCUT2D eigenvalue weighted by Crippen LogP contribution is -2.33. The minimum atomic E-state index is 0.251. The van der Waals surface area contributed by atoms with Gasteiger partial charge in [0.05, 0.1) is 39.2 Å². The highest BCUT2D eigenvalue weighted by Crippen LogP contribution is 2.37. The van der Waals surface area contributed by atoms with Crippen molar-refractivity contribution in [3.63, 3.8) is 0 Å². The summed E-state index contributed by atoms with van der Waals surface area (Å²) in [5.41, 5.74) is 4.09. The molecule has 0 amide bonds. The summed E-state index contributed by atoms with van der Waals surface area (Å²) >= 11 is 12.2. The molecule has 0 spiro atoms. The van der Waals surface area contributed by atoms with Gasteiger partial charge >= 0.3 is 0 Å². The molecule has 1 aliphatic heterocycles. The summed E-state index contributed by atoms with van der Waals surface area (Å²) < 4.78 is 5.46. The van der Waals surface area contributed by atoms with Crippen LogP contribution in [0.5, 0.6) is 0 Å². The fourth-order valence-electron chi connectivity index (χ4n) is 3.62. The summed E-state index contributed by atoms with van der Waals surface area (Å²) in [6.45, 7) is 3.76. The van der Waals surface area contributed by atoms with Crippen LogP contribution in [-0.4, -0.2) is 26.8 Å². The van der Waals surface area contributed by atoms with Gasteiger partial charge in [-0.3, -0.25) is 10.00 Å². The molecule has 0 unspecified atom stereocenters. The maximum absolute atomic E-state index is 6.19. The topological polar surface area (TPSA) is 58.0 Å². The van der Waals surface area contributed by atoms with Crippen molar-refractivity contribution in [1.82, 2.24) is 20.3 Å². The minimum Gasteiger partial charge on any atom is -0.356 e. The van der Waals surface area contributed by atoms with Crippen LogP contribution in [-0.2, 0) is 6.54 Å². The largest absolute Gasteiger partial charge is 0.356 e. The van der Waals surface area contributed by atoms with Crippen LogP contribution in [0.3, 0.4) is 0 Å². The maximum atomic E-state index is 6.19. The van der Waals surface area contributed by atoms with Crippen molar-refractivity contribution < 1.29 is 4.52 Å². The van der Waals surface area contributed by atoms with Crippen LogP contribution in [0.2, 0.25) is 10.0 Å². The van der Waals surface area contributed by atoms with Gasteiger partial charge < -0.3 is 4.52 Å². The molecule has 0 aliphatic carbocycles. The number of likely N-dealkylation sites (tertiary alicyclic amines) is 1. The summed E-state index contributed by atoms with van der Waals surface area (Å²) in [7, 11) is 0. The molecule has 26 heavy (non-hydrogen) atoms. The number of benzene rings is 1. The Balaban J connectivity index is 1.62. The van der Waals surface area contributed by atoms with Gasteiger partial charge in [-0.1, -0.05) is 40.8 Å². The molecular formula is C19H20Cl2N4O. The van der Waals surface area contributed by atoms with Gasteiger partial charge in [-0.2, -0.15) is 5.10 Å². The van der Waals surface area contributed by atoms with Crippen LogP contribution in [0.1, 0.15) is 42.3 Å². The number of piperidine rings is 1. The normalized spacial score (nSPS) is 18.3. The lowest BCUT2D eigenvalue weighted by atomic mass is 9.95. The van der Waals surface area contributed by atoms with Gasteiger partial charge in [-0.15, -0.1) is 0 Å². The summed E-state index contributed by atoms with van der Waals surface area (Å²) in [6.07, 6.45) is 5.27. The lowest BCUT2D eigenvalue weighted by Gasteiger charge is -2.35. The molecule has 136 valence electrons. The molecule has 7 heteroatoms. The predicted molar refractivity (Wildman–Crippen MR) is 102 cm³/mol. The van der Waals surface area contributed by atoms with E-state index < -0.39 is 0 Å². The highest BCUT2D eigenvalue weighted by molar-refractivity contribution is 6.42. The number of hydrogen-bond acceptors (Lipinski definition) is 4. The Morgan fingerprint density at radius 2 is 2.12 bits per heavy atom. The van der Waals surface area contributed by atoms with Crippen molar-refractivity contribution in [3.8, 4) is 11.3 Å². The molecule has 1 N–H and O–H groups in total. The molecule has 0 bridgehead atoms. The summed E-state index contributed by atoms with van der Waals surface area (Å²) in [4.78, 5) is 2.46. The van der Waals surface area contributed by atoms with E-state index in [2.05, 4.69) is 20.3 Å². The molecule has 1 atom stereocenters. The van der Waals surface area contributed by atoms with Crippen LogP contribution < -0.4 is 0 Å². The van der Waals surface area contributed by atoms with Crippen molar-refractivity contribution >= 4 is 23.2 Å². The van der Waals surface area contributed by atoms with Gasteiger partial charge in [0.15, 0.2) is 5.76 Å². The first-order valence-corrected chi connectivity index (χ1v) is 9.52. The molecule has 0 radical (unpaired) electrons. The van der Waals surface area contributed by atoms with Crippen molar-refractivity contribution in [2.24, 2.45) is 0 Å². The third-order valence-electron chi connectivity index (χ3n) is 4.88. The number of nitrogens with zero attached hydrogens (tertiary/aromatic N) is 3. The third kappa shape index (κ3) is 3.52. The zero-order chi connectivity index (χ0) is 18.1. The quantitative estimate of drug-likeness (QED) is 0.646. The van der Waals surface area contributed by atoms with E-state index in [1.165, 1.54) is 12.8 Å². The first kappa shape index (κ1) is 17.6. The Hall–Kier alpha value is -1.82. The molecule has 1 aliphatic rings. The maximum Gasteiger partial charge on any atom is 0.170 e. The van der Waals surface area contributed by atoms with Crippen molar-refractivity contribution in [3.05, 3.63) is 57.5 Å². The predicted octanol–water partition coefficient (Wildman–Crippen LogP) is 5.41. The second-order valence-corrected chi connectivity index (χ2v) is 7.57. The smallest absolute Gasteiger partial charge is 0.170 e. The molecule has 0 saturated carbocycles. The Morgan fingerprint density at radius 1 is 1.23 bits per heavy atom. The number of aryl methyl sites for hydroxylation is 1. The second kappa shape index (κ2) is 7.43. The van der Waals surface area contributed by atoms with Crippen molar-refractivity contribution in [2.45, 2.75) is 38.8 Å². The average Bonchev–Trinajstić information content (AvgIpc) is 3.27. The zero-order valence-corrected chi connectivity index (χ0v) is 16.0. The monoisotopic (exact) mass is 390 g/mol. The summed E-state index contributed by atoms with van der Waals surface area (Å²) in [5.74, 6) is 0.756. The lowest BCUT2D eigenvalue weighted by molar-refractivity contribution is 0.137. The molecule has 4 rings (SSSR count). The molecule has 1 saturated heterocycles. The minimum absolute atomic E-state index is 0.251. The number of aromatic amines is 1.